The van der Waals surface area contributed by atoms with E-state index in [1.54, 1.807) is 12.1 Å². The van der Waals surface area contributed by atoms with Gasteiger partial charge in [0.1, 0.15) is 11.2 Å². The Kier molecular flexibility index (Phi) is 4.81. The van der Waals surface area contributed by atoms with Crippen LogP contribution in [0.25, 0.3) is 0 Å². The minimum Gasteiger partial charge on any atom is -0.393 e. The molecule has 4 fully saturated rings. The second-order valence-electron chi connectivity index (χ2n) is 11.2. The molecule has 1 amide bonds. The summed E-state index contributed by atoms with van der Waals surface area (Å²) in [6.07, 6.45) is 10.3. The van der Waals surface area contributed by atoms with Crippen LogP contribution in [-0.4, -0.2) is 34.0 Å². The number of nitrogens with zero attached hydrogens (tertiary/aromatic N) is 1. The highest BCUT2D eigenvalue weighted by Gasteiger charge is 2.74. The Morgan fingerprint density at radius 1 is 1.09 bits per heavy atom. The van der Waals surface area contributed by atoms with Crippen LogP contribution >= 0.6 is 15.9 Å². The monoisotopic (exact) mass is 514 g/mol. The molecule has 0 aromatic heterocycles. The van der Waals surface area contributed by atoms with E-state index in [1.165, 1.54) is 0 Å². The van der Waals surface area contributed by atoms with E-state index >= 15 is 0 Å². The smallest absolute Gasteiger partial charge is 0.271 e. The van der Waals surface area contributed by atoms with Crippen molar-refractivity contribution in [1.82, 2.24) is 5.43 Å². The Labute approximate surface area is 202 Å². The minimum atomic E-state index is -0.529. The van der Waals surface area contributed by atoms with Crippen LogP contribution in [0, 0.1) is 22.7 Å². The van der Waals surface area contributed by atoms with Crippen molar-refractivity contribution in [3.63, 3.8) is 0 Å². The number of hydrazone groups is 1. The first kappa shape index (κ1) is 22.0. The summed E-state index contributed by atoms with van der Waals surface area (Å²) in [7, 11) is 0. The predicted molar refractivity (Wildman–Crippen MR) is 127 cm³/mol. The molecule has 0 radical (unpaired) electrons. The molecule has 6 nitrogen and oxygen atoms in total. The number of halogens is 1. The molecule has 176 valence electrons. The third-order valence-electron chi connectivity index (χ3n) is 9.76. The maximum Gasteiger partial charge on any atom is 0.271 e. The van der Waals surface area contributed by atoms with Crippen LogP contribution in [0.4, 0.5) is 0 Å². The minimum absolute atomic E-state index is 0.0454. The van der Waals surface area contributed by atoms with Crippen molar-refractivity contribution in [2.75, 3.05) is 0 Å². The van der Waals surface area contributed by atoms with Gasteiger partial charge in [0.25, 0.3) is 5.91 Å². The second kappa shape index (κ2) is 7.23. The number of hydrogen-bond donors (Lipinski definition) is 2. The van der Waals surface area contributed by atoms with Gasteiger partial charge in [0.2, 0.25) is 0 Å². The molecular weight excluding hydrogens is 484 g/mol. The average Bonchev–Trinajstić information content (AvgIpc) is 3.15. The van der Waals surface area contributed by atoms with E-state index in [0.29, 0.717) is 17.9 Å². The van der Waals surface area contributed by atoms with Crippen molar-refractivity contribution in [1.29, 1.82) is 0 Å². The Balaban J connectivity index is 1.29. The van der Waals surface area contributed by atoms with Crippen LogP contribution in [0.1, 0.15) is 69.2 Å². The number of fused-ring (bicyclic) bond motifs is 2. The third-order valence-corrected chi connectivity index (χ3v) is 10.3. The molecule has 1 aromatic rings. The van der Waals surface area contributed by atoms with Gasteiger partial charge in [-0.25, -0.2) is 15.2 Å². The Morgan fingerprint density at radius 3 is 2.61 bits per heavy atom. The van der Waals surface area contributed by atoms with Gasteiger partial charge in [0, 0.05) is 44.8 Å². The molecule has 0 unspecified atom stereocenters. The van der Waals surface area contributed by atoms with E-state index in [2.05, 4.69) is 52.5 Å². The molecule has 4 aliphatic carbocycles. The lowest BCUT2D eigenvalue weighted by Gasteiger charge is -2.69. The predicted octanol–water partition coefficient (Wildman–Crippen LogP) is 4.92. The van der Waals surface area contributed by atoms with Gasteiger partial charge in [-0.1, -0.05) is 35.9 Å². The highest BCUT2D eigenvalue weighted by molar-refractivity contribution is 9.10. The van der Waals surface area contributed by atoms with Crippen molar-refractivity contribution < 1.29 is 19.7 Å². The zero-order valence-electron chi connectivity index (χ0n) is 19.1. The van der Waals surface area contributed by atoms with Gasteiger partial charge >= 0.3 is 0 Å². The highest BCUT2D eigenvalue weighted by atomic mass is 79.9. The van der Waals surface area contributed by atoms with Gasteiger partial charge < -0.3 is 5.11 Å². The van der Waals surface area contributed by atoms with E-state index in [-0.39, 0.29) is 28.8 Å². The second-order valence-corrected chi connectivity index (χ2v) is 12.1. The number of benzene rings is 1. The van der Waals surface area contributed by atoms with Gasteiger partial charge in [0.05, 0.1) is 6.10 Å². The Morgan fingerprint density at radius 2 is 1.88 bits per heavy atom. The molecule has 2 N–H and O–H groups in total. The standard InChI is InChI=1S/C26H31BrN2O4/c1-23-11-10-20-24(2)12-9-18(30)15-25(24)13-14-26(20,33-32-25)19(23)7-8-21(23)28-29-22(31)16-3-5-17(27)6-4-16/h3-6,13-14,18-20,30H,7-12,15H2,1-2H3,(H,29,31)/b28-21+/t18-,19+,20+,23-,24+,25+,26-/m0/s1. The number of aliphatic hydroxyl groups is 1. The fourth-order valence-corrected chi connectivity index (χ4v) is 8.12. The molecule has 7 heteroatoms. The van der Waals surface area contributed by atoms with Crippen molar-refractivity contribution in [3.05, 3.63) is 46.5 Å². The van der Waals surface area contributed by atoms with Gasteiger partial charge in [-0.05, 0) is 68.9 Å². The fraction of sp³-hybridized carbons (Fsp3) is 0.615. The Bertz CT molecular complexity index is 1060. The van der Waals surface area contributed by atoms with Gasteiger partial charge in [-0.2, -0.15) is 5.10 Å². The summed E-state index contributed by atoms with van der Waals surface area (Å²) in [5, 5.41) is 15.0. The number of nitrogens with one attached hydrogen (secondary N) is 1. The normalized spacial score (nSPS) is 46.5. The molecule has 1 aromatic carbocycles. The Hall–Kier alpha value is -1.54. The third kappa shape index (κ3) is 2.89. The van der Waals surface area contributed by atoms with Crippen molar-refractivity contribution >= 4 is 27.5 Å². The lowest BCUT2D eigenvalue weighted by atomic mass is 9.43. The van der Waals surface area contributed by atoms with E-state index in [0.717, 1.165) is 48.7 Å². The first-order chi connectivity index (χ1) is 15.7. The molecule has 2 aliphatic heterocycles. The van der Waals surface area contributed by atoms with Crippen LogP contribution < -0.4 is 5.43 Å². The van der Waals surface area contributed by atoms with Crippen molar-refractivity contribution in [2.24, 2.45) is 27.8 Å². The van der Waals surface area contributed by atoms with Crippen molar-refractivity contribution in [2.45, 2.75) is 76.1 Å². The lowest BCUT2D eigenvalue weighted by Crippen LogP contribution is -2.73. The van der Waals surface area contributed by atoms with Crippen LogP contribution in [0.3, 0.4) is 0 Å². The molecule has 6 aliphatic rings. The number of amides is 1. The van der Waals surface area contributed by atoms with Crippen LogP contribution in [-0.2, 0) is 9.78 Å². The first-order valence-electron chi connectivity index (χ1n) is 12.1. The topological polar surface area (TPSA) is 80.2 Å². The van der Waals surface area contributed by atoms with Gasteiger partial charge in [0.15, 0.2) is 0 Å². The SMILES string of the molecule is C[C@]12CC[C@H]3[C@]4(C=C[C@]5(C[C@@H](O)CC[C@]35C)OO4)[C@@H]1CC/C2=N\NC(=O)c1ccc(Br)cc1. The lowest BCUT2D eigenvalue weighted by molar-refractivity contribution is -0.496. The molecule has 33 heavy (non-hydrogen) atoms. The van der Waals surface area contributed by atoms with Crippen LogP contribution in [0.15, 0.2) is 46.0 Å². The summed E-state index contributed by atoms with van der Waals surface area (Å²) in [6.45, 7) is 4.62. The number of carbonyl (C=O) groups is 1. The number of rotatable bonds is 2. The zero-order valence-corrected chi connectivity index (χ0v) is 20.7. The molecule has 2 heterocycles. The van der Waals surface area contributed by atoms with Crippen LogP contribution in [0.5, 0.6) is 0 Å². The van der Waals surface area contributed by atoms with E-state index in [4.69, 9.17) is 9.78 Å². The van der Waals surface area contributed by atoms with Gasteiger partial charge in [-0.15, -0.1) is 0 Å². The number of hydrogen-bond acceptors (Lipinski definition) is 5. The summed E-state index contributed by atoms with van der Waals surface area (Å²) >= 11 is 3.40. The summed E-state index contributed by atoms with van der Waals surface area (Å²) in [4.78, 5) is 25.2. The zero-order chi connectivity index (χ0) is 23.1. The quantitative estimate of drug-likeness (QED) is 0.333. The van der Waals surface area contributed by atoms with Crippen molar-refractivity contribution in [3.8, 4) is 0 Å². The summed E-state index contributed by atoms with van der Waals surface area (Å²) < 4.78 is 0.938. The maximum atomic E-state index is 12.6. The summed E-state index contributed by atoms with van der Waals surface area (Å²) in [5.74, 6) is 0.401. The summed E-state index contributed by atoms with van der Waals surface area (Å²) in [5.41, 5.74) is 3.24. The average molecular weight is 515 g/mol. The fourth-order valence-electron chi connectivity index (χ4n) is 7.86. The molecule has 2 spiro atoms. The molecule has 2 bridgehead atoms. The van der Waals surface area contributed by atoms with E-state index in [1.807, 2.05) is 12.1 Å². The molecular formula is C26H31BrN2O4. The number of aliphatic hydroxyl groups excluding tert-OH is 1. The largest absolute Gasteiger partial charge is 0.393 e. The molecule has 3 saturated carbocycles. The molecule has 7 rings (SSSR count). The first-order valence-corrected chi connectivity index (χ1v) is 12.9. The van der Waals surface area contributed by atoms with E-state index in [9.17, 15) is 9.90 Å². The highest BCUT2D eigenvalue weighted by Crippen LogP contribution is 2.70. The maximum absolute atomic E-state index is 12.6. The number of carbonyl (C=O) groups excluding carboxylic acids is 1. The molecule has 1 saturated heterocycles. The van der Waals surface area contributed by atoms with E-state index < -0.39 is 11.2 Å². The molecule has 7 atom stereocenters. The summed E-state index contributed by atoms with van der Waals surface area (Å²) in [6, 6.07) is 7.29. The van der Waals surface area contributed by atoms with Crippen LogP contribution in [0.2, 0.25) is 0 Å². The van der Waals surface area contributed by atoms with Gasteiger partial charge in [-0.3, -0.25) is 4.79 Å².